The normalized spacial score (nSPS) is 12.5. The molecular weight excluding hydrogens is 415 g/mol. The number of aromatic nitrogens is 4. The first kappa shape index (κ1) is 22.2. The first-order valence-corrected chi connectivity index (χ1v) is 9.43. The second-order valence-corrected chi connectivity index (χ2v) is 6.68. The van der Waals surface area contributed by atoms with Gasteiger partial charge in [0.25, 0.3) is 11.8 Å². The molecule has 0 spiro atoms. The van der Waals surface area contributed by atoms with Crippen molar-refractivity contribution in [3.63, 3.8) is 0 Å². The van der Waals surface area contributed by atoms with E-state index in [2.05, 4.69) is 20.1 Å². The van der Waals surface area contributed by atoms with Crippen LogP contribution in [0.3, 0.4) is 0 Å². The third kappa shape index (κ3) is 5.16. The number of nitrogens with zero attached hydrogens (tertiary/aromatic N) is 5. The second kappa shape index (κ2) is 9.11. The standard InChI is InChI=1S/C20H20F3N5O3/c1-4-28(12(2)11-30-17-10-24-16(9-25-17)20(21,22)23)19(29)15-8-6-5-7-14(15)18-26-13(3)27-31-18/h5-10,12H,4,11H2,1-3H3/t12-/m0/s1. The third-order valence-corrected chi connectivity index (χ3v) is 4.44. The predicted molar refractivity (Wildman–Crippen MR) is 103 cm³/mol. The van der Waals surface area contributed by atoms with Crippen molar-refractivity contribution in [2.24, 2.45) is 0 Å². The summed E-state index contributed by atoms with van der Waals surface area (Å²) in [5.74, 6) is 0.346. The quantitative estimate of drug-likeness (QED) is 0.557. The number of aryl methyl sites for hydroxylation is 1. The SMILES string of the molecule is CCN(C(=O)c1ccccc1-c1nc(C)no1)[C@@H](C)COc1cnc(C(F)(F)F)cn1. The van der Waals surface area contributed by atoms with Gasteiger partial charge in [-0.1, -0.05) is 17.3 Å². The minimum Gasteiger partial charge on any atom is -0.474 e. The van der Waals surface area contributed by atoms with Gasteiger partial charge in [-0.2, -0.15) is 18.2 Å². The molecule has 1 atom stereocenters. The van der Waals surface area contributed by atoms with E-state index in [4.69, 9.17) is 9.26 Å². The summed E-state index contributed by atoms with van der Waals surface area (Å²) in [5, 5.41) is 3.76. The number of hydrogen-bond donors (Lipinski definition) is 0. The van der Waals surface area contributed by atoms with Crippen LogP contribution in [0.2, 0.25) is 0 Å². The Morgan fingerprint density at radius 2 is 1.97 bits per heavy atom. The second-order valence-electron chi connectivity index (χ2n) is 6.68. The Balaban J connectivity index is 1.72. The van der Waals surface area contributed by atoms with Gasteiger partial charge in [0.1, 0.15) is 6.61 Å². The molecule has 1 aromatic carbocycles. The van der Waals surface area contributed by atoms with Crippen LogP contribution in [0.4, 0.5) is 13.2 Å². The molecule has 0 aliphatic heterocycles. The van der Waals surface area contributed by atoms with Crippen molar-refractivity contribution in [3.8, 4) is 17.3 Å². The maximum absolute atomic E-state index is 13.2. The van der Waals surface area contributed by atoms with Gasteiger partial charge in [0.2, 0.25) is 5.88 Å². The van der Waals surface area contributed by atoms with E-state index >= 15 is 0 Å². The highest BCUT2D eigenvalue weighted by Crippen LogP contribution is 2.27. The maximum atomic E-state index is 13.2. The molecule has 2 aromatic heterocycles. The number of alkyl halides is 3. The zero-order valence-corrected chi connectivity index (χ0v) is 17.1. The minimum absolute atomic E-state index is 0.0153. The lowest BCUT2D eigenvalue weighted by atomic mass is 10.1. The Morgan fingerprint density at radius 1 is 1.23 bits per heavy atom. The zero-order chi connectivity index (χ0) is 22.6. The number of amides is 1. The third-order valence-electron chi connectivity index (χ3n) is 4.44. The lowest BCUT2D eigenvalue weighted by molar-refractivity contribution is -0.141. The summed E-state index contributed by atoms with van der Waals surface area (Å²) >= 11 is 0. The number of ether oxygens (including phenoxy) is 1. The summed E-state index contributed by atoms with van der Waals surface area (Å²) in [6, 6.07) is 6.46. The van der Waals surface area contributed by atoms with Crippen molar-refractivity contribution in [2.75, 3.05) is 13.2 Å². The molecule has 0 unspecified atom stereocenters. The highest BCUT2D eigenvalue weighted by molar-refractivity contribution is 6.00. The summed E-state index contributed by atoms with van der Waals surface area (Å²) in [5.41, 5.74) is -0.214. The molecule has 0 saturated carbocycles. The highest BCUT2D eigenvalue weighted by Gasteiger charge is 2.33. The molecule has 11 heteroatoms. The predicted octanol–water partition coefficient (Wildman–Crippen LogP) is 3.78. The molecule has 3 aromatic rings. The molecule has 0 aliphatic rings. The van der Waals surface area contributed by atoms with Crippen molar-refractivity contribution in [1.82, 2.24) is 25.0 Å². The number of carbonyl (C=O) groups is 1. The fraction of sp³-hybridized carbons (Fsp3) is 0.350. The summed E-state index contributed by atoms with van der Waals surface area (Å²) in [6.07, 6.45) is -3.07. The molecule has 2 heterocycles. The van der Waals surface area contributed by atoms with Gasteiger partial charge in [-0.15, -0.1) is 0 Å². The molecule has 0 radical (unpaired) electrons. The Morgan fingerprint density at radius 3 is 2.55 bits per heavy atom. The molecule has 0 aliphatic carbocycles. The summed E-state index contributed by atoms with van der Waals surface area (Å²) < 4.78 is 48.4. The molecule has 3 rings (SSSR count). The smallest absolute Gasteiger partial charge is 0.434 e. The molecule has 0 bridgehead atoms. The van der Waals surface area contributed by atoms with Gasteiger partial charge >= 0.3 is 6.18 Å². The van der Waals surface area contributed by atoms with Crippen LogP contribution in [0.15, 0.2) is 41.2 Å². The van der Waals surface area contributed by atoms with E-state index in [9.17, 15) is 18.0 Å². The molecule has 0 saturated heterocycles. The van der Waals surface area contributed by atoms with Crippen molar-refractivity contribution >= 4 is 5.91 Å². The van der Waals surface area contributed by atoms with Gasteiger partial charge in [0, 0.05) is 6.54 Å². The summed E-state index contributed by atoms with van der Waals surface area (Å²) in [4.78, 5) is 25.9. The molecule has 8 nitrogen and oxygen atoms in total. The molecule has 164 valence electrons. The van der Waals surface area contributed by atoms with Crippen molar-refractivity contribution in [1.29, 1.82) is 0 Å². The van der Waals surface area contributed by atoms with E-state index in [-0.39, 0.29) is 24.3 Å². The molecule has 31 heavy (non-hydrogen) atoms. The van der Waals surface area contributed by atoms with Crippen molar-refractivity contribution < 1.29 is 27.2 Å². The van der Waals surface area contributed by atoms with Crippen LogP contribution in [-0.4, -0.2) is 50.1 Å². The molecular formula is C20H20F3N5O3. The average molecular weight is 435 g/mol. The number of rotatable bonds is 7. The van der Waals surface area contributed by atoms with E-state index in [1.165, 1.54) is 0 Å². The monoisotopic (exact) mass is 435 g/mol. The van der Waals surface area contributed by atoms with Crippen LogP contribution in [0.25, 0.3) is 11.5 Å². The molecule has 1 amide bonds. The van der Waals surface area contributed by atoms with Crippen molar-refractivity contribution in [2.45, 2.75) is 33.0 Å². The van der Waals surface area contributed by atoms with E-state index in [1.807, 2.05) is 6.92 Å². The van der Waals surface area contributed by atoms with Crippen LogP contribution in [0.1, 0.15) is 35.7 Å². The van der Waals surface area contributed by atoms with Gasteiger partial charge < -0.3 is 14.2 Å². The number of halogens is 3. The number of likely N-dealkylation sites (N-methyl/N-ethyl adjacent to an activating group) is 1. The lowest BCUT2D eigenvalue weighted by Gasteiger charge is -2.28. The summed E-state index contributed by atoms with van der Waals surface area (Å²) in [7, 11) is 0. The van der Waals surface area contributed by atoms with Gasteiger partial charge in [-0.3, -0.25) is 4.79 Å². The Bertz CT molecular complexity index is 1040. The maximum Gasteiger partial charge on any atom is 0.434 e. The Kier molecular flexibility index (Phi) is 6.52. The summed E-state index contributed by atoms with van der Waals surface area (Å²) in [6.45, 7) is 5.64. The Labute approximate surface area is 176 Å². The van der Waals surface area contributed by atoms with Crippen LogP contribution in [-0.2, 0) is 6.18 Å². The number of hydrogen-bond acceptors (Lipinski definition) is 7. The van der Waals surface area contributed by atoms with Gasteiger partial charge in [-0.05, 0) is 32.9 Å². The lowest BCUT2D eigenvalue weighted by Crippen LogP contribution is -2.42. The fourth-order valence-electron chi connectivity index (χ4n) is 2.91. The highest BCUT2D eigenvalue weighted by atomic mass is 19.4. The number of benzene rings is 1. The van der Waals surface area contributed by atoms with Gasteiger partial charge in [-0.25, -0.2) is 9.97 Å². The number of carbonyl (C=O) groups excluding carboxylic acids is 1. The molecule has 0 fully saturated rings. The van der Waals surface area contributed by atoms with Crippen molar-refractivity contribution in [3.05, 3.63) is 53.7 Å². The topological polar surface area (TPSA) is 94.2 Å². The zero-order valence-electron chi connectivity index (χ0n) is 17.1. The first-order chi connectivity index (χ1) is 14.7. The van der Waals surface area contributed by atoms with Crippen LogP contribution in [0.5, 0.6) is 5.88 Å². The van der Waals surface area contributed by atoms with Crippen LogP contribution >= 0.6 is 0 Å². The largest absolute Gasteiger partial charge is 0.474 e. The van der Waals surface area contributed by atoms with Crippen LogP contribution in [0, 0.1) is 6.92 Å². The fourth-order valence-corrected chi connectivity index (χ4v) is 2.91. The van der Waals surface area contributed by atoms with E-state index < -0.39 is 17.9 Å². The van der Waals surface area contributed by atoms with E-state index in [1.54, 1.807) is 43.0 Å². The van der Waals surface area contributed by atoms with Crippen LogP contribution < -0.4 is 4.74 Å². The minimum atomic E-state index is -4.57. The first-order valence-electron chi connectivity index (χ1n) is 9.43. The van der Waals surface area contributed by atoms with Gasteiger partial charge in [0.05, 0.1) is 29.6 Å². The van der Waals surface area contributed by atoms with E-state index in [0.29, 0.717) is 29.7 Å². The molecule has 0 N–H and O–H groups in total. The Hall–Kier alpha value is -3.50. The average Bonchev–Trinajstić information content (AvgIpc) is 3.18. The van der Waals surface area contributed by atoms with E-state index in [0.717, 1.165) is 6.20 Å². The van der Waals surface area contributed by atoms with Gasteiger partial charge in [0.15, 0.2) is 11.5 Å².